The number of anilines is 1. The number of furan rings is 1. The number of nitrogens with one attached hydrogen (secondary N) is 1. The third-order valence-electron chi connectivity index (χ3n) is 3.64. The predicted molar refractivity (Wildman–Crippen MR) is 78.8 cm³/mol. The number of unbranched alkanes of at least 4 members (excludes halogenated alkanes) is 2. The number of nitrogen functional groups attached to an aromatic ring is 1. The van der Waals surface area contributed by atoms with Crippen LogP contribution in [0, 0.1) is 6.92 Å². The standard InChI is InChI=1S/C14H18N4O2/c1-3-4-5-6-18-13-9(7-16-18)11(15)10-12(17-13)8(2)20-14(10)19/h7,16H,3-6,15H2,1-2H3. The molecule has 0 spiro atoms. The number of H-pyrrole nitrogens is 1. The molecule has 0 saturated carbocycles. The zero-order valence-corrected chi connectivity index (χ0v) is 11.7. The van der Waals surface area contributed by atoms with Crippen LogP contribution in [-0.4, -0.2) is 14.8 Å². The molecule has 3 aromatic rings. The van der Waals surface area contributed by atoms with Crippen molar-refractivity contribution < 1.29 is 4.42 Å². The molecule has 0 unspecified atom stereocenters. The van der Waals surface area contributed by atoms with E-state index in [1.54, 1.807) is 13.1 Å². The van der Waals surface area contributed by atoms with Gasteiger partial charge in [-0.3, -0.25) is 4.68 Å². The molecule has 6 heteroatoms. The molecule has 3 rings (SSSR count). The van der Waals surface area contributed by atoms with Crippen LogP contribution in [0.15, 0.2) is 15.4 Å². The summed E-state index contributed by atoms with van der Waals surface area (Å²) in [5.74, 6) is 0.514. The van der Waals surface area contributed by atoms with Gasteiger partial charge < -0.3 is 15.2 Å². The van der Waals surface area contributed by atoms with E-state index in [0.717, 1.165) is 24.0 Å². The molecular formula is C14H18N4O2. The first-order chi connectivity index (χ1) is 9.63. The van der Waals surface area contributed by atoms with E-state index < -0.39 is 5.63 Å². The van der Waals surface area contributed by atoms with Gasteiger partial charge in [0.25, 0.3) is 0 Å². The Morgan fingerprint density at radius 1 is 1.45 bits per heavy atom. The van der Waals surface area contributed by atoms with Crippen LogP contribution in [-0.2, 0) is 6.54 Å². The molecular weight excluding hydrogens is 256 g/mol. The number of aromatic amines is 1. The molecule has 0 aliphatic rings. The molecule has 0 atom stereocenters. The molecule has 0 saturated heterocycles. The van der Waals surface area contributed by atoms with E-state index in [0.29, 0.717) is 22.4 Å². The summed E-state index contributed by atoms with van der Waals surface area (Å²) in [6.07, 6.45) is 5.21. The number of nitrogens with two attached hydrogens (primary N) is 1. The van der Waals surface area contributed by atoms with Crippen molar-refractivity contribution in [3.63, 3.8) is 0 Å². The molecule has 106 valence electrons. The summed E-state index contributed by atoms with van der Waals surface area (Å²) >= 11 is 0. The number of nitrogens with zero attached hydrogens (tertiary/aromatic N) is 2. The number of aromatic nitrogens is 3. The zero-order chi connectivity index (χ0) is 14.3. The van der Waals surface area contributed by atoms with Crippen LogP contribution in [0.4, 0.5) is 5.69 Å². The molecule has 3 aromatic heterocycles. The number of fused-ring (bicyclic) bond motifs is 2. The van der Waals surface area contributed by atoms with Crippen LogP contribution in [0.5, 0.6) is 0 Å². The minimum Gasteiger partial charge on any atom is -0.425 e. The maximum atomic E-state index is 11.8. The molecule has 0 aliphatic heterocycles. The van der Waals surface area contributed by atoms with Crippen molar-refractivity contribution in [2.75, 3.05) is 5.73 Å². The van der Waals surface area contributed by atoms with Crippen LogP contribution < -0.4 is 11.4 Å². The average Bonchev–Trinajstić information content (AvgIpc) is 2.94. The maximum absolute atomic E-state index is 11.8. The van der Waals surface area contributed by atoms with E-state index in [4.69, 9.17) is 10.2 Å². The highest BCUT2D eigenvalue weighted by molar-refractivity contribution is 6.05. The summed E-state index contributed by atoms with van der Waals surface area (Å²) in [6.45, 7) is 4.76. The molecule has 0 fully saturated rings. The fraction of sp³-hybridized carbons (Fsp3) is 0.429. The lowest BCUT2D eigenvalue weighted by atomic mass is 10.2. The summed E-state index contributed by atoms with van der Waals surface area (Å²) in [5, 5.41) is 4.31. The predicted octanol–water partition coefficient (Wildman–Crippen LogP) is 2.55. The fourth-order valence-electron chi connectivity index (χ4n) is 2.55. The van der Waals surface area contributed by atoms with E-state index in [-0.39, 0.29) is 0 Å². The van der Waals surface area contributed by atoms with Crippen molar-refractivity contribution in [1.82, 2.24) is 14.8 Å². The lowest BCUT2D eigenvalue weighted by molar-refractivity contribution is 0.504. The molecule has 20 heavy (non-hydrogen) atoms. The number of hydrogen-bond donors (Lipinski definition) is 2. The van der Waals surface area contributed by atoms with Crippen molar-refractivity contribution in [2.24, 2.45) is 0 Å². The van der Waals surface area contributed by atoms with Crippen molar-refractivity contribution in [2.45, 2.75) is 39.7 Å². The van der Waals surface area contributed by atoms with Crippen LogP contribution in [0.2, 0.25) is 0 Å². The second-order valence-corrected chi connectivity index (χ2v) is 5.06. The van der Waals surface area contributed by atoms with E-state index in [2.05, 4.69) is 17.0 Å². The second kappa shape index (κ2) is 4.70. The number of aryl methyl sites for hydroxylation is 2. The summed E-state index contributed by atoms with van der Waals surface area (Å²) in [5.41, 5.74) is 7.46. The molecule has 0 aliphatic carbocycles. The summed E-state index contributed by atoms with van der Waals surface area (Å²) in [4.78, 5) is 16.3. The van der Waals surface area contributed by atoms with Gasteiger partial charge in [-0.25, -0.2) is 9.78 Å². The lowest BCUT2D eigenvalue weighted by Crippen LogP contribution is -2.03. The third-order valence-corrected chi connectivity index (χ3v) is 3.64. The Hall–Kier alpha value is -2.24. The SMILES string of the molecule is CCCCCn1[nH]cc2c(N)c3c(=O)oc(C)c3nc21. The van der Waals surface area contributed by atoms with Crippen molar-refractivity contribution in [1.29, 1.82) is 0 Å². The molecule has 0 bridgehead atoms. The summed E-state index contributed by atoms with van der Waals surface area (Å²) in [7, 11) is 0. The largest absolute Gasteiger partial charge is 0.425 e. The highest BCUT2D eigenvalue weighted by atomic mass is 16.4. The highest BCUT2D eigenvalue weighted by Crippen LogP contribution is 2.28. The van der Waals surface area contributed by atoms with Gasteiger partial charge in [-0.05, 0) is 13.3 Å². The van der Waals surface area contributed by atoms with E-state index in [1.807, 2.05) is 4.68 Å². The van der Waals surface area contributed by atoms with E-state index in [1.165, 1.54) is 12.8 Å². The van der Waals surface area contributed by atoms with Crippen molar-refractivity contribution in [3.05, 3.63) is 22.4 Å². The zero-order valence-electron chi connectivity index (χ0n) is 11.7. The molecule has 3 N–H and O–H groups in total. The Bertz CT molecular complexity index is 825. The van der Waals surface area contributed by atoms with Crippen LogP contribution in [0.3, 0.4) is 0 Å². The van der Waals surface area contributed by atoms with Crippen LogP contribution in [0.25, 0.3) is 21.9 Å². The Labute approximate surface area is 115 Å². The van der Waals surface area contributed by atoms with Gasteiger partial charge >= 0.3 is 5.63 Å². The molecule has 6 nitrogen and oxygen atoms in total. The smallest absolute Gasteiger partial charge is 0.347 e. The van der Waals surface area contributed by atoms with Crippen LogP contribution in [0.1, 0.15) is 31.9 Å². The minimum atomic E-state index is -0.414. The highest BCUT2D eigenvalue weighted by Gasteiger charge is 2.17. The monoisotopic (exact) mass is 274 g/mol. The van der Waals surface area contributed by atoms with Gasteiger partial charge in [-0.2, -0.15) is 0 Å². The lowest BCUT2D eigenvalue weighted by Gasteiger charge is -2.04. The van der Waals surface area contributed by atoms with Gasteiger partial charge in [0.2, 0.25) is 0 Å². The maximum Gasteiger partial charge on any atom is 0.347 e. The molecule has 3 heterocycles. The third kappa shape index (κ3) is 1.79. The number of pyridine rings is 1. The van der Waals surface area contributed by atoms with Gasteiger partial charge in [-0.15, -0.1) is 0 Å². The molecule has 0 aromatic carbocycles. The minimum absolute atomic E-state index is 0.384. The summed E-state index contributed by atoms with van der Waals surface area (Å²) < 4.78 is 7.08. The number of rotatable bonds is 4. The van der Waals surface area contributed by atoms with Gasteiger partial charge in [0.1, 0.15) is 16.7 Å². The summed E-state index contributed by atoms with van der Waals surface area (Å²) in [6, 6.07) is 0. The molecule has 0 amide bonds. The van der Waals surface area contributed by atoms with Gasteiger partial charge in [-0.1, -0.05) is 19.8 Å². The Morgan fingerprint density at radius 2 is 2.25 bits per heavy atom. The molecule has 0 radical (unpaired) electrons. The first-order valence-electron chi connectivity index (χ1n) is 6.90. The average molecular weight is 274 g/mol. The normalized spacial score (nSPS) is 11.7. The first-order valence-corrected chi connectivity index (χ1v) is 6.90. The Balaban J connectivity index is 2.20. The van der Waals surface area contributed by atoms with Gasteiger partial charge in [0.15, 0.2) is 5.65 Å². The van der Waals surface area contributed by atoms with Gasteiger partial charge in [0.05, 0.1) is 11.1 Å². The number of hydrogen-bond acceptors (Lipinski definition) is 4. The Kier molecular flexibility index (Phi) is 3.00. The van der Waals surface area contributed by atoms with Crippen molar-refractivity contribution >= 4 is 27.6 Å². The second-order valence-electron chi connectivity index (χ2n) is 5.06. The van der Waals surface area contributed by atoms with E-state index >= 15 is 0 Å². The van der Waals surface area contributed by atoms with Crippen LogP contribution >= 0.6 is 0 Å². The van der Waals surface area contributed by atoms with E-state index in [9.17, 15) is 4.79 Å². The van der Waals surface area contributed by atoms with Crippen molar-refractivity contribution in [3.8, 4) is 0 Å². The fourth-order valence-corrected chi connectivity index (χ4v) is 2.55. The quantitative estimate of drug-likeness (QED) is 0.715. The Morgan fingerprint density at radius 3 is 3.00 bits per heavy atom. The first kappa shape index (κ1) is 12.8. The van der Waals surface area contributed by atoms with Gasteiger partial charge in [0, 0.05) is 12.7 Å². The topological polar surface area (TPSA) is 89.8 Å².